The summed E-state index contributed by atoms with van der Waals surface area (Å²) in [5, 5.41) is 0. The van der Waals surface area contributed by atoms with Crippen molar-refractivity contribution in [3.8, 4) is 0 Å². The van der Waals surface area contributed by atoms with Gasteiger partial charge in [-0.1, -0.05) is 12.1 Å². The number of amides is 1. The van der Waals surface area contributed by atoms with Crippen LogP contribution in [0.4, 0.5) is 5.69 Å². The summed E-state index contributed by atoms with van der Waals surface area (Å²) in [4.78, 5) is 25.1. The molecule has 0 radical (unpaired) electrons. The van der Waals surface area contributed by atoms with E-state index in [1.54, 1.807) is 29.2 Å². The number of rotatable bonds is 2. The van der Waals surface area contributed by atoms with Crippen LogP contribution in [0.3, 0.4) is 0 Å². The highest BCUT2D eigenvalue weighted by atomic mass is 16.2. The molecule has 1 aromatic rings. The van der Waals surface area contributed by atoms with Gasteiger partial charge in [0.2, 0.25) is 0 Å². The molecule has 1 heterocycles. The molecule has 0 spiro atoms. The Labute approximate surface area is 107 Å². The minimum atomic E-state index is -0.0767. The van der Waals surface area contributed by atoms with Gasteiger partial charge in [0.25, 0.3) is 5.91 Å². The third-order valence-electron chi connectivity index (χ3n) is 3.56. The lowest BCUT2D eigenvalue weighted by atomic mass is 9.94. The van der Waals surface area contributed by atoms with Gasteiger partial charge in [-0.15, -0.1) is 0 Å². The molecule has 4 heteroatoms. The summed E-state index contributed by atoms with van der Waals surface area (Å²) >= 11 is 0. The molecule has 2 rings (SSSR count). The van der Waals surface area contributed by atoms with Crippen molar-refractivity contribution in [1.82, 2.24) is 4.90 Å². The van der Waals surface area contributed by atoms with Crippen molar-refractivity contribution >= 4 is 17.9 Å². The van der Waals surface area contributed by atoms with Crippen LogP contribution in [0.2, 0.25) is 0 Å². The van der Waals surface area contributed by atoms with E-state index in [4.69, 9.17) is 5.73 Å². The Balaban J connectivity index is 2.22. The second-order valence-electron chi connectivity index (χ2n) is 4.87. The Morgan fingerprint density at radius 3 is 2.78 bits per heavy atom. The lowest BCUT2D eigenvalue weighted by Crippen LogP contribution is -2.46. The van der Waals surface area contributed by atoms with Gasteiger partial charge in [-0.05, 0) is 31.9 Å². The number of carbonyl (C=O) groups is 2. The molecule has 0 saturated carbocycles. The largest absolute Gasteiger partial charge is 0.398 e. The molecule has 0 aromatic heterocycles. The van der Waals surface area contributed by atoms with Gasteiger partial charge in [-0.3, -0.25) is 4.79 Å². The summed E-state index contributed by atoms with van der Waals surface area (Å²) in [5.74, 6) is -0.123. The number of aldehydes is 1. The van der Waals surface area contributed by atoms with Crippen molar-refractivity contribution in [3.63, 3.8) is 0 Å². The number of hydrogen-bond donors (Lipinski definition) is 1. The molecule has 1 aromatic carbocycles. The number of anilines is 1. The van der Waals surface area contributed by atoms with Gasteiger partial charge in [0, 0.05) is 24.2 Å². The van der Waals surface area contributed by atoms with Crippen LogP contribution in [0.1, 0.15) is 30.1 Å². The van der Waals surface area contributed by atoms with Crippen molar-refractivity contribution in [2.75, 3.05) is 12.3 Å². The molecule has 1 aliphatic heterocycles. The Bertz CT molecular complexity index is 459. The van der Waals surface area contributed by atoms with E-state index in [1.807, 2.05) is 6.92 Å². The Morgan fingerprint density at radius 2 is 2.11 bits per heavy atom. The molecular weight excluding hydrogens is 228 g/mol. The average molecular weight is 246 g/mol. The van der Waals surface area contributed by atoms with Gasteiger partial charge in [-0.2, -0.15) is 0 Å². The van der Waals surface area contributed by atoms with E-state index in [0.717, 1.165) is 19.1 Å². The summed E-state index contributed by atoms with van der Waals surface area (Å²) in [6, 6.07) is 7.22. The van der Waals surface area contributed by atoms with Crippen LogP contribution in [-0.2, 0) is 4.79 Å². The van der Waals surface area contributed by atoms with Gasteiger partial charge in [0.05, 0.1) is 5.56 Å². The van der Waals surface area contributed by atoms with Gasteiger partial charge in [0.1, 0.15) is 6.29 Å². The normalized spacial score (nSPS) is 23.7. The highest BCUT2D eigenvalue weighted by molar-refractivity contribution is 5.99. The first-order chi connectivity index (χ1) is 8.63. The zero-order valence-electron chi connectivity index (χ0n) is 10.5. The Morgan fingerprint density at radius 1 is 1.39 bits per heavy atom. The first-order valence-corrected chi connectivity index (χ1v) is 6.24. The monoisotopic (exact) mass is 246 g/mol. The zero-order valence-corrected chi connectivity index (χ0v) is 10.5. The first kappa shape index (κ1) is 12.6. The van der Waals surface area contributed by atoms with Crippen LogP contribution < -0.4 is 5.73 Å². The van der Waals surface area contributed by atoms with Gasteiger partial charge in [0.15, 0.2) is 0 Å². The third kappa shape index (κ3) is 2.37. The van der Waals surface area contributed by atoms with Crippen LogP contribution in [0, 0.1) is 5.92 Å². The number of hydrogen-bond acceptors (Lipinski definition) is 3. The van der Waals surface area contributed by atoms with Gasteiger partial charge in [-0.25, -0.2) is 0 Å². The smallest absolute Gasteiger partial charge is 0.256 e. The SMILES string of the molecule is C[C@@H]1CC[C@@H](C=O)CN1C(=O)c1ccccc1N. The average Bonchev–Trinajstić information content (AvgIpc) is 2.39. The second kappa shape index (κ2) is 5.21. The molecule has 0 aliphatic carbocycles. The maximum absolute atomic E-state index is 12.4. The fraction of sp³-hybridized carbons (Fsp3) is 0.429. The molecule has 18 heavy (non-hydrogen) atoms. The predicted octanol–water partition coefficient (Wildman–Crippen LogP) is 1.71. The number of para-hydroxylation sites is 1. The molecule has 1 amide bonds. The zero-order chi connectivity index (χ0) is 13.1. The first-order valence-electron chi connectivity index (χ1n) is 6.24. The summed E-state index contributed by atoms with van der Waals surface area (Å²) in [5.41, 5.74) is 6.84. The van der Waals surface area contributed by atoms with Crippen LogP contribution in [0.15, 0.2) is 24.3 Å². The topological polar surface area (TPSA) is 63.4 Å². The van der Waals surface area contributed by atoms with Crippen molar-refractivity contribution in [2.45, 2.75) is 25.8 Å². The Kier molecular flexibility index (Phi) is 3.65. The van der Waals surface area contributed by atoms with E-state index in [2.05, 4.69) is 0 Å². The molecule has 2 N–H and O–H groups in total. The highest BCUT2D eigenvalue weighted by Gasteiger charge is 2.29. The van der Waals surface area contributed by atoms with E-state index < -0.39 is 0 Å². The molecule has 96 valence electrons. The maximum Gasteiger partial charge on any atom is 0.256 e. The third-order valence-corrected chi connectivity index (χ3v) is 3.56. The predicted molar refractivity (Wildman–Crippen MR) is 70.1 cm³/mol. The number of likely N-dealkylation sites (tertiary alicyclic amines) is 1. The lowest BCUT2D eigenvalue weighted by Gasteiger charge is -2.36. The van der Waals surface area contributed by atoms with Crippen molar-refractivity contribution in [1.29, 1.82) is 0 Å². The lowest BCUT2D eigenvalue weighted by molar-refractivity contribution is -0.112. The number of piperidine rings is 1. The van der Waals surface area contributed by atoms with E-state index in [9.17, 15) is 9.59 Å². The summed E-state index contributed by atoms with van der Waals surface area (Å²) in [6.07, 6.45) is 2.67. The number of nitrogens with two attached hydrogens (primary N) is 1. The van der Waals surface area contributed by atoms with Crippen LogP contribution in [0.5, 0.6) is 0 Å². The molecule has 2 atom stereocenters. The van der Waals surface area contributed by atoms with Gasteiger partial charge >= 0.3 is 0 Å². The molecule has 0 unspecified atom stereocenters. The standard InChI is InChI=1S/C14H18N2O2/c1-10-6-7-11(9-17)8-16(10)14(18)12-4-2-3-5-13(12)15/h2-5,9-11H,6-8,15H2,1H3/t10-,11-/m1/s1. The number of benzene rings is 1. The van der Waals surface area contributed by atoms with Crippen LogP contribution in [0.25, 0.3) is 0 Å². The Hall–Kier alpha value is -1.84. The van der Waals surface area contributed by atoms with E-state index in [0.29, 0.717) is 17.8 Å². The minimum absolute atomic E-state index is 0.0462. The van der Waals surface area contributed by atoms with Crippen LogP contribution >= 0.6 is 0 Å². The highest BCUT2D eigenvalue weighted by Crippen LogP contribution is 2.24. The van der Waals surface area contributed by atoms with E-state index in [-0.39, 0.29) is 17.9 Å². The summed E-state index contributed by atoms with van der Waals surface area (Å²) in [7, 11) is 0. The molecule has 0 bridgehead atoms. The maximum atomic E-state index is 12.4. The van der Waals surface area contributed by atoms with Crippen LogP contribution in [-0.4, -0.2) is 29.7 Å². The fourth-order valence-electron chi connectivity index (χ4n) is 2.38. The molecule has 1 fully saturated rings. The number of nitrogen functional groups attached to an aromatic ring is 1. The number of carbonyl (C=O) groups excluding carboxylic acids is 2. The summed E-state index contributed by atoms with van der Waals surface area (Å²) < 4.78 is 0. The van der Waals surface area contributed by atoms with Crippen molar-refractivity contribution in [2.24, 2.45) is 5.92 Å². The molecule has 1 aliphatic rings. The molecular formula is C14H18N2O2. The fourth-order valence-corrected chi connectivity index (χ4v) is 2.38. The summed E-state index contributed by atoms with van der Waals surface area (Å²) in [6.45, 7) is 2.51. The van der Waals surface area contributed by atoms with E-state index in [1.165, 1.54) is 0 Å². The van der Waals surface area contributed by atoms with Gasteiger partial charge < -0.3 is 15.4 Å². The van der Waals surface area contributed by atoms with Crippen molar-refractivity contribution in [3.05, 3.63) is 29.8 Å². The molecule has 4 nitrogen and oxygen atoms in total. The second-order valence-corrected chi connectivity index (χ2v) is 4.87. The van der Waals surface area contributed by atoms with Crippen molar-refractivity contribution < 1.29 is 9.59 Å². The quantitative estimate of drug-likeness (QED) is 0.638. The number of nitrogens with zero attached hydrogens (tertiary/aromatic N) is 1. The van der Waals surface area contributed by atoms with E-state index >= 15 is 0 Å². The minimum Gasteiger partial charge on any atom is -0.398 e. The molecule has 1 saturated heterocycles.